The van der Waals surface area contributed by atoms with Gasteiger partial charge in [-0.2, -0.15) is 0 Å². The third-order valence-electron chi connectivity index (χ3n) is 3.36. The molecular formula is C15H20FN3. The average molecular weight is 261 g/mol. The standard InChI is InChI=1S/C15H20FN3/c1-11(2)15(17)14-9-18-10-19(14)8-7-12-3-5-13(16)6-4-12/h3-6,9-11,15H,7-8,17H2,1-2H3. The molecule has 102 valence electrons. The molecule has 1 unspecified atom stereocenters. The molecule has 1 atom stereocenters. The highest BCUT2D eigenvalue weighted by Crippen LogP contribution is 2.18. The van der Waals surface area contributed by atoms with Gasteiger partial charge >= 0.3 is 0 Å². The Hall–Kier alpha value is -1.68. The van der Waals surface area contributed by atoms with Crippen molar-refractivity contribution in [3.63, 3.8) is 0 Å². The fraction of sp³-hybridized carbons (Fsp3) is 0.400. The summed E-state index contributed by atoms with van der Waals surface area (Å²) in [7, 11) is 0. The largest absolute Gasteiger partial charge is 0.333 e. The van der Waals surface area contributed by atoms with Crippen molar-refractivity contribution in [2.24, 2.45) is 11.7 Å². The molecule has 2 aromatic rings. The minimum atomic E-state index is -0.200. The van der Waals surface area contributed by atoms with Crippen molar-refractivity contribution in [2.45, 2.75) is 32.9 Å². The Morgan fingerprint density at radius 3 is 2.58 bits per heavy atom. The van der Waals surface area contributed by atoms with Crippen molar-refractivity contribution >= 4 is 0 Å². The summed E-state index contributed by atoms with van der Waals surface area (Å²) in [5, 5.41) is 0. The van der Waals surface area contributed by atoms with Crippen molar-refractivity contribution in [1.82, 2.24) is 9.55 Å². The van der Waals surface area contributed by atoms with Gasteiger partial charge in [-0.05, 0) is 30.0 Å². The molecule has 0 amide bonds. The lowest BCUT2D eigenvalue weighted by molar-refractivity contribution is 0.477. The molecule has 2 N–H and O–H groups in total. The highest BCUT2D eigenvalue weighted by atomic mass is 19.1. The van der Waals surface area contributed by atoms with Crippen LogP contribution in [0.1, 0.15) is 31.1 Å². The lowest BCUT2D eigenvalue weighted by atomic mass is 10.0. The molecule has 0 bridgehead atoms. The van der Waals surface area contributed by atoms with Crippen molar-refractivity contribution in [2.75, 3.05) is 0 Å². The van der Waals surface area contributed by atoms with E-state index >= 15 is 0 Å². The smallest absolute Gasteiger partial charge is 0.123 e. The first-order valence-electron chi connectivity index (χ1n) is 6.58. The van der Waals surface area contributed by atoms with E-state index in [0.29, 0.717) is 5.92 Å². The van der Waals surface area contributed by atoms with Crippen molar-refractivity contribution in [3.8, 4) is 0 Å². The van der Waals surface area contributed by atoms with Gasteiger partial charge in [0.25, 0.3) is 0 Å². The summed E-state index contributed by atoms with van der Waals surface area (Å²) in [4.78, 5) is 4.17. The molecule has 19 heavy (non-hydrogen) atoms. The molecule has 0 saturated heterocycles. The SMILES string of the molecule is CC(C)C(N)c1cncn1CCc1ccc(F)cc1. The zero-order valence-corrected chi connectivity index (χ0v) is 11.4. The number of nitrogens with two attached hydrogens (primary N) is 1. The molecule has 1 aromatic heterocycles. The normalized spacial score (nSPS) is 12.9. The summed E-state index contributed by atoms with van der Waals surface area (Å²) in [5.41, 5.74) is 8.32. The minimum absolute atomic E-state index is 0.00396. The number of hydrogen-bond acceptors (Lipinski definition) is 2. The van der Waals surface area contributed by atoms with E-state index in [1.807, 2.05) is 18.3 Å². The summed E-state index contributed by atoms with van der Waals surface area (Å²) in [6.07, 6.45) is 4.48. The maximum absolute atomic E-state index is 12.8. The third-order valence-corrected chi connectivity index (χ3v) is 3.36. The maximum atomic E-state index is 12.8. The molecule has 2 rings (SSSR count). The van der Waals surface area contributed by atoms with E-state index in [9.17, 15) is 4.39 Å². The van der Waals surface area contributed by atoms with E-state index in [0.717, 1.165) is 24.2 Å². The highest BCUT2D eigenvalue weighted by molar-refractivity contribution is 5.16. The zero-order valence-electron chi connectivity index (χ0n) is 11.4. The van der Waals surface area contributed by atoms with Crippen LogP contribution >= 0.6 is 0 Å². The molecule has 0 saturated carbocycles. The van der Waals surface area contributed by atoms with Crippen molar-refractivity contribution in [1.29, 1.82) is 0 Å². The first kappa shape index (κ1) is 13.7. The van der Waals surface area contributed by atoms with Crippen LogP contribution in [0.2, 0.25) is 0 Å². The van der Waals surface area contributed by atoms with Crippen LogP contribution < -0.4 is 5.73 Å². The first-order chi connectivity index (χ1) is 9.08. The number of aryl methyl sites for hydroxylation is 2. The summed E-state index contributed by atoms with van der Waals surface area (Å²) in [6, 6.07) is 6.60. The summed E-state index contributed by atoms with van der Waals surface area (Å²) < 4.78 is 14.9. The summed E-state index contributed by atoms with van der Waals surface area (Å²) in [6.45, 7) is 5.01. The molecule has 0 aliphatic carbocycles. The van der Waals surface area contributed by atoms with E-state index in [1.54, 1.807) is 6.33 Å². The van der Waals surface area contributed by atoms with Gasteiger partial charge in [-0.3, -0.25) is 0 Å². The van der Waals surface area contributed by atoms with Crippen molar-refractivity contribution < 1.29 is 4.39 Å². The van der Waals surface area contributed by atoms with Crippen LogP contribution in [0.5, 0.6) is 0 Å². The van der Waals surface area contributed by atoms with Crippen molar-refractivity contribution in [3.05, 3.63) is 53.9 Å². The second-order valence-electron chi connectivity index (χ2n) is 5.16. The quantitative estimate of drug-likeness (QED) is 0.899. The Morgan fingerprint density at radius 2 is 1.95 bits per heavy atom. The topological polar surface area (TPSA) is 43.8 Å². The molecule has 4 heteroatoms. The van der Waals surface area contributed by atoms with Gasteiger partial charge in [0.05, 0.1) is 12.0 Å². The predicted molar refractivity (Wildman–Crippen MR) is 74.1 cm³/mol. The van der Waals surface area contributed by atoms with Gasteiger partial charge in [-0.25, -0.2) is 9.37 Å². The van der Waals surface area contributed by atoms with Crippen LogP contribution in [0.25, 0.3) is 0 Å². The zero-order chi connectivity index (χ0) is 13.8. The highest BCUT2D eigenvalue weighted by Gasteiger charge is 2.14. The number of halogens is 1. The number of nitrogens with zero attached hydrogens (tertiary/aromatic N) is 2. The number of rotatable bonds is 5. The van der Waals surface area contributed by atoms with Crippen LogP contribution in [-0.2, 0) is 13.0 Å². The van der Waals surface area contributed by atoms with Crippen LogP contribution in [0.4, 0.5) is 4.39 Å². The fourth-order valence-corrected chi connectivity index (χ4v) is 2.04. The van der Waals surface area contributed by atoms with Crippen LogP contribution in [0, 0.1) is 11.7 Å². The Balaban J connectivity index is 2.04. The van der Waals surface area contributed by atoms with E-state index in [4.69, 9.17) is 5.73 Å². The number of imidazole rings is 1. The Morgan fingerprint density at radius 1 is 1.26 bits per heavy atom. The van der Waals surface area contributed by atoms with Crippen LogP contribution in [0.3, 0.4) is 0 Å². The monoisotopic (exact) mass is 261 g/mol. The van der Waals surface area contributed by atoms with Crippen LogP contribution in [-0.4, -0.2) is 9.55 Å². The molecule has 1 heterocycles. The average Bonchev–Trinajstić information content (AvgIpc) is 2.85. The third kappa shape index (κ3) is 3.41. The van der Waals surface area contributed by atoms with E-state index in [2.05, 4.69) is 23.4 Å². The summed E-state index contributed by atoms with van der Waals surface area (Å²) in [5.74, 6) is 0.176. The molecule has 1 aromatic carbocycles. The number of benzene rings is 1. The van der Waals surface area contributed by atoms with Gasteiger partial charge in [0, 0.05) is 18.8 Å². The van der Waals surface area contributed by atoms with E-state index in [-0.39, 0.29) is 11.9 Å². The molecule has 0 aliphatic heterocycles. The minimum Gasteiger partial charge on any atom is -0.333 e. The predicted octanol–water partition coefficient (Wildman–Crippen LogP) is 2.92. The summed E-state index contributed by atoms with van der Waals surface area (Å²) >= 11 is 0. The van der Waals surface area contributed by atoms with Gasteiger partial charge < -0.3 is 10.3 Å². The lowest BCUT2D eigenvalue weighted by Crippen LogP contribution is -2.20. The fourth-order valence-electron chi connectivity index (χ4n) is 2.04. The Labute approximate surface area is 113 Å². The Bertz CT molecular complexity index is 516. The second-order valence-corrected chi connectivity index (χ2v) is 5.16. The van der Waals surface area contributed by atoms with Gasteiger partial charge in [-0.15, -0.1) is 0 Å². The second kappa shape index (κ2) is 5.97. The van der Waals surface area contributed by atoms with Gasteiger partial charge in [0.1, 0.15) is 5.82 Å². The number of hydrogen-bond donors (Lipinski definition) is 1. The maximum Gasteiger partial charge on any atom is 0.123 e. The van der Waals surface area contributed by atoms with E-state index in [1.165, 1.54) is 12.1 Å². The number of aromatic nitrogens is 2. The van der Waals surface area contributed by atoms with Gasteiger partial charge in [0.15, 0.2) is 0 Å². The lowest BCUT2D eigenvalue weighted by Gasteiger charge is -2.17. The molecule has 0 fully saturated rings. The van der Waals surface area contributed by atoms with E-state index < -0.39 is 0 Å². The molecular weight excluding hydrogens is 241 g/mol. The molecule has 0 spiro atoms. The van der Waals surface area contributed by atoms with Crippen LogP contribution in [0.15, 0.2) is 36.8 Å². The van der Waals surface area contributed by atoms with Gasteiger partial charge in [0.2, 0.25) is 0 Å². The molecule has 3 nitrogen and oxygen atoms in total. The Kier molecular flexibility index (Phi) is 4.32. The molecule has 0 radical (unpaired) electrons. The first-order valence-corrected chi connectivity index (χ1v) is 6.58. The molecule has 0 aliphatic rings. The van der Waals surface area contributed by atoms with Gasteiger partial charge in [-0.1, -0.05) is 26.0 Å².